The van der Waals surface area contributed by atoms with Gasteiger partial charge in [-0.25, -0.2) is 4.39 Å². The number of carbonyl (C=O) groups excluding carboxylic acids is 2. The SMILES string of the molecule is C=CCC(C)(C)CC.CCCC(=O)/C(=N\CNCc1ccc(CCC)cc1)c1ccc(F)cc1.NC=O. The van der Waals surface area contributed by atoms with Crippen molar-refractivity contribution in [1.82, 2.24) is 5.32 Å². The van der Waals surface area contributed by atoms with E-state index in [4.69, 9.17) is 4.79 Å². The lowest BCUT2D eigenvalue weighted by Gasteiger charge is -2.19. The van der Waals surface area contributed by atoms with E-state index in [2.05, 4.69) is 74.6 Å². The van der Waals surface area contributed by atoms with Crippen LogP contribution in [0.4, 0.5) is 4.39 Å². The van der Waals surface area contributed by atoms with Gasteiger partial charge in [-0.3, -0.25) is 19.9 Å². The highest BCUT2D eigenvalue weighted by molar-refractivity contribution is 6.46. The van der Waals surface area contributed by atoms with Crippen LogP contribution in [0, 0.1) is 11.2 Å². The molecule has 0 radical (unpaired) electrons. The lowest BCUT2D eigenvalue weighted by molar-refractivity contribution is -0.113. The van der Waals surface area contributed by atoms with Crippen molar-refractivity contribution in [1.29, 1.82) is 0 Å². The summed E-state index contributed by atoms with van der Waals surface area (Å²) in [6.45, 7) is 15.6. The van der Waals surface area contributed by atoms with Gasteiger partial charge in [-0.15, -0.1) is 6.58 Å². The average Bonchev–Trinajstić information content (AvgIpc) is 2.87. The van der Waals surface area contributed by atoms with E-state index in [0.29, 0.717) is 36.3 Å². The molecule has 6 heteroatoms. The fourth-order valence-corrected chi connectivity index (χ4v) is 3.28. The molecular formula is C31H46FN3O2. The number of allylic oxidation sites excluding steroid dienone is 1. The molecule has 0 bridgehead atoms. The second kappa shape index (κ2) is 20.0. The predicted octanol–water partition coefficient (Wildman–Crippen LogP) is 6.78. The Kier molecular flexibility index (Phi) is 18.3. The number of aliphatic imine (C=N–C) groups is 1. The molecule has 0 unspecified atom stereocenters. The van der Waals surface area contributed by atoms with Gasteiger partial charge in [0.05, 0.1) is 6.67 Å². The molecule has 0 atom stereocenters. The summed E-state index contributed by atoms with van der Waals surface area (Å²) in [4.78, 5) is 25.4. The van der Waals surface area contributed by atoms with Crippen LogP contribution in [-0.2, 0) is 22.6 Å². The zero-order valence-electron chi connectivity index (χ0n) is 23.4. The molecule has 0 fully saturated rings. The highest BCUT2D eigenvalue weighted by atomic mass is 19.1. The Hall–Kier alpha value is -3.12. The van der Waals surface area contributed by atoms with Gasteiger partial charge in [-0.1, -0.05) is 77.8 Å². The normalized spacial score (nSPS) is 10.9. The van der Waals surface area contributed by atoms with Crippen molar-refractivity contribution < 1.29 is 14.0 Å². The fourth-order valence-electron chi connectivity index (χ4n) is 3.28. The van der Waals surface area contributed by atoms with Crippen LogP contribution in [0.15, 0.2) is 66.2 Å². The number of carbonyl (C=O) groups is 2. The number of rotatable bonds is 13. The molecule has 2 aromatic rings. The number of primary amides is 1. The number of Topliss-reactive ketones (excluding diaryl/α,β-unsaturated/α-hetero) is 1. The number of nitrogens with zero attached hydrogens (tertiary/aromatic N) is 1. The third-order valence-corrected chi connectivity index (χ3v) is 5.75. The number of hydrogen-bond acceptors (Lipinski definition) is 4. The van der Waals surface area contributed by atoms with Crippen LogP contribution in [-0.4, -0.2) is 24.6 Å². The number of ketones is 1. The second-order valence-electron chi connectivity index (χ2n) is 9.48. The Morgan fingerprint density at radius 1 is 1.03 bits per heavy atom. The third-order valence-electron chi connectivity index (χ3n) is 5.75. The maximum atomic E-state index is 13.1. The van der Waals surface area contributed by atoms with Gasteiger partial charge in [0.2, 0.25) is 6.41 Å². The van der Waals surface area contributed by atoms with E-state index in [9.17, 15) is 9.18 Å². The molecule has 0 saturated carbocycles. The van der Waals surface area contributed by atoms with Gasteiger partial charge in [0.25, 0.3) is 0 Å². The van der Waals surface area contributed by atoms with E-state index in [1.54, 1.807) is 12.1 Å². The molecule has 0 heterocycles. The van der Waals surface area contributed by atoms with Crippen molar-refractivity contribution in [2.24, 2.45) is 16.1 Å². The minimum atomic E-state index is -0.319. The maximum Gasteiger partial charge on any atom is 0.204 e. The Balaban J connectivity index is 0.000000992. The van der Waals surface area contributed by atoms with Crippen LogP contribution in [0.25, 0.3) is 0 Å². The molecule has 0 aliphatic carbocycles. The van der Waals surface area contributed by atoms with Gasteiger partial charge in [0.1, 0.15) is 11.5 Å². The molecule has 0 aliphatic heterocycles. The topological polar surface area (TPSA) is 84.6 Å². The van der Waals surface area contributed by atoms with Crippen molar-refractivity contribution in [3.05, 3.63) is 83.7 Å². The van der Waals surface area contributed by atoms with Crippen LogP contribution < -0.4 is 11.1 Å². The number of halogens is 1. The summed E-state index contributed by atoms with van der Waals surface area (Å²) in [5.74, 6) is -0.328. The molecular weight excluding hydrogens is 465 g/mol. The molecule has 5 nitrogen and oxygen atoms in total. The van der Waals surface area contributed by atoms with Gasteiger partial charge in [-0.2, -0.15) is 0 Å². The standard InChI is InChI=1S/C22H27FN2O.C8H16.CH3NO/c1-3-5-17-7-9-18(10-8-17)15-24-16-25-22(21(26)6-4-2)19-11-13-20(23)14-12-19;1-5-7-8(3,4)6-2;2-1-3/h7-14,24H,3-6,15-16H2,1-2H3;5H,1,6-7H2,2-4H3;1H,(H2,2,3)/b25-22-;;. The van der Waals surface area contributed by atoms with Crippen molar-refractivity contribution in [2.45, 2.75) is 79.7 Å². The van der Waals surface area contributed by atoms with Crippen molar-refractivity contribution in [3.8, 4) is 0 Å². The zero-order chi connectivity index (χ0) is 28.1. The van der Waals surface area contributed by atoms with Crippen LogP contribution in [0.1, 0.15) is 83.4 Å². The lowest BCUT2D eigenvalue weighted by atomic mass is 9.87. The molecule has 1 amide bonds. The van der Waals surface area contributed by atoms with E-state index in [1.807, 2.05) is 13.0 Å². The van der Waals surface area contributed by atoms with Crippen LogP contribution in [0.3, 0.4) is 0 Å². The smallest absolute Gasteiger partial charge is 0.204 e. The monoisotopic (exact) mass is 511 g/mol. The Morgan fingerprint density at radius 3 is 2.05 bits per heavy atom. The predicted molar refractivity (Wildman–Crippen MR) is 154 cm³/mol. The van der Waals surface area contributed by atoms with Gasteiger partial charge in [0.15, 0.2) is 5.78 Å². The summed E-state index contributed by atoms with van der Waals surface area (Å²) < 4.78 is 13.1. The number of aryl methyl sites for hydroxylation is 1. The molecule has 0 aromatic heterocycles. The van der Waals surface area contributed by atoms with E-state index < -0.39 is 0 Å². The molecule has 3 N–H and O–H groups in total. The summed E-state index contributed by atoms with van der Waals surface area (Å²) in [7, 11) is 0. The molecule has 0 saturated heterocycles. The molecule has 0 spiro atoms. The van der Waals surface area contributed by atoms with E-state index >= 15 is 0 Å². The summed E-state index contributed by atoms with van der Waals surface area (Å²) in [6.07, 6.45) is 8.04. The van der Waals surface area contributed by atoms with Crippen LogP contribution in [0.2, 0.25) is 0 Å². The number of amides is 1. The van der Waals surface area contributed by atoms with Gasteiger partial charge in [-0.05, 0) is 60.1 Å². The molecule has 2 rings (SSSR count). The summed E-state index contributed by atoms with van der Waals surface area (Å²) in [5.41, 5.74) is 8.25. The number of hydrogen-bond donors (Lipinski definition) is 2. The first-order valence-corrected chi connectivity index (χ1v) is 13.1. The lowest BCUT2D eigenvalue weighted by Crippen LogP contribution is -2.20. The quantitative estimate of drug-likeness (QED) is 0.134. The summed E-state index contributed by atoms with van der Waals surface area (Å²) >= 11 is 0. The Morgan fingerprint density at radius 2 is 1.59 bits per heavy atom. The fraction of sp³-hybridized carbons (Fsp3) is 0.452. The van der Waals surface area contributed by atoms with Crippen LogP contribution in [0.5, 0.6) is 0 Å². The minimum absolute atomic E-state index is 0.00942. The van der Waals surface area contributed by atoms with Crippen molar-refractivity contribution in [2.75, 3.05) is 6.67 Å². The summed E-state index contributed by atoms with van der Waals surface area (Å²) in [5, 5.41) is 3.25. The molecule has 2 aromatic carbocycles. The largest absolute Gasteiger partial charge is 0.372 e. The van der Waals surface area contributed by atoms with Gasteiger partial charge < -0.3 is 5.73 Å². The Labute approximate surface area is 223 Å². The first-order chi connectivity index (χ1) is 17.7. The van der Waals surface area contributed by atoms with E-state index in [1.165, 1.54) is 29.7 Å². The highest BCUT2D eigenvalue weighted by Gasteiger charge is 2.13. The Bertz CT molecular complexity index is 936. The first-order valence-electron chi connectivity index (χ1n) is 13.1. The maximum absolute atomic E-state index is 13.1. The van der Waals surface area contributed by atoms with Gasteiger partial charge in [0, 0.05) is 18.5 Å². The van der Waals surface area contributed by atoms with Crippen molar-refractivity contribution >= 4 is 17.9 Å². The van der Waals surface area contributed by atoms with Crippen LogP contribution >= 0.6 is 0 Å². The minimum Gasteiger partial charge on any atom is -0.372 e. The average molecular weight is 512 g/mol. The first kappa shape index (κ1) is 33.9. The zero-order valence-corrected chi connectivity index (χ0v) is 23.4. The number of nitrogens with two attached hydrogens (primary N) is 1. The number of benzene rings is 2. The van der Waals surface area contributed by atoms with Crippen molar-refractivity contribution in [3.63, 3.8) is 0 Å². The number of nitrogens with one attached hydrogen (secondary N) is 1. The highest BCUT2D eigenvalue weighted by Crippen LogP contribution is 2.23. The molecule has 37 heavy (non-hydrogen) atoms. The second-order valence-corrected chi connectivity index (χ2v) is 9.48. The van der Waals surface area contributed by atoms with E-state index in [-0.39, 0.29) is 18.0 Å². The molecule has 204 valence electrons. The molecule has 0 aliphatic rings. The van der Waals surface area contributed by atoms with E-state index in [0.717, 1.165) is 25.7 Å². The van der Waals surface area contributed by atoms with Gasteiger partial charge >= 0.3 is 0 Å². The third kappa shape index (κ3) is 15.6. The summed E-state index contributed by atoms with van der Waals surface area (Å²) in [6, 6.07) is 14.5.